The molecule has 0 saturated carbocycles. The molecule has 1 aliphatic heterocycles. The number of hydrogen-bond acceptors (Lipinski definition) is 2. The van der Waals surface area contributed by atoms with Crippen LogP contribution in [0.15, 0.2) is 36.5 Å². The topological polar surface area (TPSA) is 29.9 Å². The molecule has 0 saturated heterocycles. The number of hydrogen-bond donors (Lipinski definition) is 1. The molecule has 4 heteroatoms. The zero-order chi connectivity index (χ0) is 10.1. The molecule has 0 amide bonds. The molecule has 0 bridgehead atoms. The molecule has 1 aliphatic rings. The monoisotopic (exact) mass is 235 g/mol. The van der Waals surface area contributed by atoms with Crippen LogP contribution in [0.2, 0.25) is 0 Å². The summed E-state index contributed by atoms with van der Waals surface area (Å²) in [5, 5.41) is 7.94. The van der Waals surface area contributed by atoms with Crippen LogP contribution in [-0.4, -0.2) is 16.3 Å². The van der Waals surface area contributed by atoms with Gasteiger partial charge in [0.25, 0.3) is 0 Å². The molecule has 84 valence electrons. The molecule has 2 aromatic rings. The lowest BCUT2D eigenvalue weighted by Crippen LogP contribution is -2.10. The molecule has 3 nitrogen and oxygen atoms in total. The van der Waals surface area contributed by atoms with Gasteiger partial charge in [-0.1, -0.05) is 18.2 Å². The molecule has 1 N–H and O–H groups in total. The Morgan fingerprint density at radius 2 is 2.00 bits per heavy atom. The molecule has 0 unspecified atom stereocenters. The van der Waals surface area contributed by atoms with Crippen molar-refractivity contribution in [2.45, 2.75) is 12.8 Å². The van der Waals surface area contributed by atoms with Crippen LogP contribution in [0.25, 0.3) is 5.69 Å². The number of benzene rings is 1. The summed E-state index contributed by atoms with van der Waals surface area (Å²) in [6.45, 7) is 1.06. The number of para-hydroxylation sites is 1. The molecule has 0 atom stereocenters. The Balaban J connectivity index is 0.000000963. The number of rotatable bonds is 1. The van der Waals surface area contributed by atoms with Crippen LogP contribution in [-0.2, 0) is 6.42 Å². The van der Waals surface area contributed by atoms with Crippen LogP contribution in [0.5, 0.6) is 0 Å². The fourth-order valence-corrected chi connectivity index (χ4v) is 1.93. The number of nitrogens with zero attached hydrogens (tertiary/aromatic N) is 2. The Morgan fingerprint density at radius 1 is 1.19 bits per heavy atom. The predicted octanol–water partition coefficient (Wildman–Crippen LogP) is 2.65. The predicted molar refractivity (Wildman–Crippen MR) is 67.6 cm³/mol. The first-order valence-electron chi connectivity index (χ1n) is 5.31. The van der Waals surface area contributed by atoms with E-state index in [1.54, 1.807) is 0 Å². The van der Waals surface area contributed by atoms with E-state index in [0.717, 1.165) is 18.7 Å². The van der Waals surface area contributed by atoms with E-state index in [1.807, 2.05) is 22.9 Å². The molecule has 2 heterocycles. The first-order valence-corrected chi connectivity index (χ1v) is 5.31. The number of anilines is 1. The summed E-state index contributed by atoms with van der Waals surface area (Å²) in [7, 11) is 0. The Bertz CT molecular complexity index is 441. The summed E-state index contributed by atoms with van der Waals surface area (Å²) in [6.07, 6.45) is 4.34. The van der Waals surface area contributed by atoms with Crippen molar-refractivity contribution >= 4 is 18.1 Å². The van der Waals surface area contributed by atoms with Crippen molar-refractivity contribution in [2.75, 3.05) is 11.9 Å². The van der Waals surface area contributed by atoms with E-state index in [9.17, 15) is 0 Å². The molecule has 16 heavy (non-hydrogen) atoms. The van der Waals surface area contributed by atoms with Gasteiger partial charge in [-0.25, -0.2) is 4.68 Å². The molecule has 0 fully saturated rings. The first-order chi connectivity index (χ1) is 7.43. The van der Waals surface area contributed by atoms with Crippen LogP contribution in [0.4, 0.5) is 5.69 Å². The lowest BCUT2D eigenvalue weighted by Gasteiger charge is -2.10. The number of nitrogens with one attached hydrogen (secondary N) is 1. The van der Waals surface area contributed by atoms with Gasteiger partial charge in [0.1, 0.15) is 0 Å². The summed E-state index contributed by atoms with van der Waals surface area (Å²) in [4.78, 5) is 0. The first kappa shape index (κ1) is 11.0. The van der Waals surface area contributed by atoms with Crippen molar-refractivity contribution in [3.05, 3.63) is 42.2 Å². The number of fused-ring (bicyclic) bond motifs is 1. The van der Waals surface area contributed by atoms with Crippen LogP contribution >= 0.6 is 12.4 Å². The van der Waals surface area contributed by atoms with E-state index in [4.69, 9.17) is 0 Å². The summed E-state index contributed by atoms with van der Waals surface area (Å²) in [5.74, 6) is 0. The van der Waals surface area contributed by atoms with Gasteiger partial charge in [-0.2, -0.15) is 5.10 Å². The summed E-state index contributed by atoms with van der Waals surface area (Å²) < 4.78 is 1.95. The van der Waals surface area contributed by atoms with Crippen molar-refractivity contribution in [2.24, 2.45) is 0 Å². The second-order valence-corrected chi connectivity index (χ2v) is 3.80. The molecule has 1 aromatic heterocycles. The number of halogens is 1. The zero-order valence-electron chi connectivity index (χ0n) is 8.89. The van der Waals surface area contributed by atoms with E-state index in [-0.39, 0.29) is 12.4 Å². The summed E-state index contributed by atoms with van der Waals surface area (Å²) >= 11 is 0. The molecule has 1 aromatic carbocycles. The van der Waals surface area contributed by atoms with Crippen molar-refractivity contribution in [1.29, 1.82) is 0 Å². The van der Waals surface area contributed by atoms with Gasteiger partial charge >= 0.3 is 0 Å². The minimum atomic E-state index is 0. The average molecular weight is 236 g/mol. The third-order valence-electron chi connectivity index (χ3n) is 2.72. The standard InChI is InChI=1S/C12H13N3.ClH/c1-2-5-10(6-3-1)15-9-12-11(14-15)7-4-8-13-12;/h1-3,5-6,9,13H,4,7-8H2;1H. The highest BCUT2D eigenvalue weighted by Gasteiger charge is 2.12. The van der Waals surface area contributed by atoms with Crippen molar-refractivity contribution in [3.63, 3.8) is 0 Å². The van der Waals surface area contributed by atoms with Gasteiger partial charge in [0.05, 0.1) is 23.3 Å². The Labute approximate surface area is 101 Å². The van der Waals surface area contributed by atoms with Crippen molar-refractivity contribution in [1.82, 2.24) is 9.78 Å². The summed E-state index contributed by atoms with van der Waals surface area (Å²) in [5.41, 5.74) is 3.49. The van der Waals surface area contributed by atoms with Crippen LogP contribution in [0, 0.1) is 0 Å². The van der Waals surface area contributed by atoms with E-state index < -0.39 is 0 Å². The molecular formula is C12H14ClN3. The highest BCUT2D eigenvalue weighted by Crippen LogP contribution is 2.21. The quantitative estimate of drug-likeness (QED) is 0.824. The summed E-state index contributed by atoms with van der Waals surface area (Å²) in [6, 6.07) is 10.2. The van der Waals surface area contributed by atoms with Gasteiger partial charge in [-0.15, -0.1) is 12.4 Å². The second kappa shape index (κ2) is 4.58. The van der Waals surface area contributed by atoms with Gasteiger partial charge in [0.15, 0.2) is 0 Å². The van der Waals surface area contributed by atoms with Gasteiger partial charge in [0.2, 0.25) is 0 Å². The number of aryl methyl sites for hydroxylation is 1. The van der Waals surface area contributed by atoms with Crippen LogP contribution < -0.4 is 5.32 Å². The molecule has 0 aliphatic carbocycles. The van der Waals surface area contributed by atoms with Gasteiger partial charge < -0.3 is 5.32 Å². The lowest BCUT2D eigenvalue weighted by atomic mass is 10.1. The smallest absolute Gasteiger partial charge is 0.0861 e. The molecule has 0 spiro atoms. The number of aromatic nitrogens is 2. The minimum Gasteiger partial charge on any atom is -0.382 e. The van der Waals surface area contributed by atoms with Gasteiger partial charge in [0, 0.05) is 6.54 Å². The van der Waals surface area contributed by atoms with Crippen molar-refractivity contribution < 1.29 is 0 Å². The SMILES string of the molecule is Cl.c1ccc(-n2cc3c(n2)CCCN3)cc1. The van der Waals surface area contributed by atoms with Crippen LogP contribution in [0.3, 0.4) is 0 Å². The molecular weight excluding hydrogens is 222 g/mol. The maximum absolute atomic E-state index is 4.58. The second-order valence-electron chi connectivity index (χ2n) is 3.80. The largest absolute Gasteiger partial charge is 0.382 e. The van der Waals surface area contributed by atoms with Gasteiger partial charge in [-0.3, -0.25) is 0 Å². The lowest BCUT2D eigenvalue weighted by molar-refractivity contribution is 0.775. The maximum atomic E-state index is 4.58. The van der Waals surface area contributed by atoms with Gasteiger partial charge in [-0.05, 0) is 25.0 Å². The normalized spacial score (nSPS) is 13.5. The molecule has 0 radical (unpaired) electrons. The van der Waals surface area contributed by atoms with E-state index >= 15 is 0 Å². The van der Waals surface area contributed by atoms with Crippen molar-refractivity contribution in [3.8, 4) is 5.69 Å². The average Bonchev–Trinajstić information content (AvgIpc) is 2.74. The van der Waals surface area contributed by atoms with E-state index in [2.05, 4.69) is 28.7 Å². The van der Waals surface area contributed by atoms with E-state index in [1.165, 1.54) is 17.8 Å². The third-order valence-corrected chi connectivity index (χ3v) is 2.72. The Hall–Kier alpha value is -1.48. The zero-order valence-corrected chi connectivity index (χ0v) is 9.70. The third kappa shape index (κ3) is 1.91. The Kier molecular flexibility index (Phi) is 3.15. The van der Waals surface area contributed by atoms with Crippen LogP contribution in [0.1, 0.15) is 12.1 Å². The Morgan fingerprint density at radius 3 is 2.75 bits per heavy atom. The minimum absolute atomic E-state index is 0. The fraction of sp³-hybridized carbons (Fsp3) is 0.250. The highest BCUT2D eigenvalue weighted by molar-refractivity contribution is 5.85. The molecule has 3 rings (SSSR count). The maximum Gasteiger partial charge on any atom is 0.0861 e. The fourth-order valence-electron chi connectivity index (χ4n) is 1.93. The highest BCUT2D eigenvalue weighted by atomic mass is 35.5. The van der Waals surface area contributed by atoms with E-state index in [0.29, 0.717) is 0 Å².